The smallest absolute Gasteiger partial charge is 0.164 e. The number of para-hydroxylation sites is 3. The van der Waals surface area contributed by atoms with E-state index >= 15 is 0 Å². The number of nitrogens with zero attached hydrogens (tertiary/aromatic N) is 3. The van der Waals surface area contributed by atoms with E-state index in [9.17, 15) is 0 Å². The maximum Gasteiger partial charge on any atom is 0.164 e. The van der Waals surface area contributed by atoms with Crippen LogP contribution < -0.4 is 4.74 Å². The molecule has 51 heavy (non-hydrogen) atoms. The maximum absolute atomic E-state index is 8.66. The minimum atomic E-state index is -1.95. The number of fused-ring (bicyclic) bond motifs is 6. The summed E-state index contributed by atoms with van der Waals surface area (Å²) in [7, 11) is 0. The molecule has 0 aliphatic carbocycles. The summed E-state index contributed by atoms with van der Waals surface area (Å²) in [6.07, 6.45) is 0. The lowest BCUT2D eigenvalue weighted by atomic mass is 9.89. The molecule has 0 saturated carbocycles. The molecule has 0 unspecified atom stereocenters. The minimum absolute atomic E-state index is 0.506. The molecule has 7 aromatic carbocycles. The van der Waals surface area contributed by atoms with Crippen molar-refractivity contribution >= 4 is 21.9 Å². The predicted molar refractivity (Wildman–Crippen MR) is 204 cm³/mol. The first-order chi connectivity index (χ1) is 26.0. The average Bonchev–Trinajstić information content (AvgIpc) is 3.60. The Balaban J connectivity index is 1.08. The van der Waals surface area contributed by atoms with E-state index < -0.39 is 6.56 Å². The van der Waals surface area contributed by atoms with Gasteiger partial charge in [0.2, 0.25) is 0 Å². The van der Waals surface area contributed by atoms with Gasteiger partial charge in [-0.3, -0.25) is 0 Å². The van der Waals surface area contributed by atoms with Crippen LogP contribution in [-0.2, 0) is 6.56 Å². The maximum atomic E-state index is 8.66. The molecule has 0 fully saturated rings. The quantitative estimate of drug-likeness (QED) is 0.184. The molecule has 240 valence electrons. The van der Waals surface area contributed by atoms with Crippen LogP contribution in [0.4, 0.5) is 0 Å². The summed E-state index contributed by atoms with van der Waals surface area (Å²) in [5.74, 6) is 2.22. The van der Waals surface area contributed by atoms with E-state index in [1.807, 2.05) is 121 Å². The molecule has 3 heterocycles. The second kappa shape index (κ2) is 11.9. The zero-order valence-corrected chi connectivity index (χ0v) is 27.2. The Morgan fingerprint density at radius 2 is 1.04 bits per heavy atom. The van der Waals surface area contributed by atoms with E-state index in [-0.39, 0.29) is 0 Å². The molecule has 0 atom stereocenters. The van der Waals surface area contributed by atoms with Gasteiger partial charge in [0.25, 0.3) is 0 Å². The van der Waals surface area contributed by atoms with Crippen molar-refractivity contribution in [2.45, 2.75) is 6.56 Å². The van der Waals surface area contributed by atoms with E-state index in [1.54, 1.807) is 6.07 Å². The Hall–Kier alpha value is -6.85. The van der Waals surface area contributed by atoms with E-state index in [2.05, 4.69) is 36.4 Å². The monoisotopic (exact) mass is 657 g/mol. The second-order valence-electron chi connectivity index (χ2n) is 12.5. The van der Waals surface area contributed by atoms with Gasteiger partial charge in [-0.25, -0.2) is 15.0 Å². The molecule has 5 nitrogen and oxygen atoms in total. The first-order valence-corrected chi connectivity index (χ1v) is 16.9. The molecule has 10 rings (SSSR count). The number of aromatic nitrogens is 3. The van der Waals surface area contributed by atoms with E-state index in [4.69, 9.17) is 26.8 Å². The van der Waals surface area contributed by atoms with Crippen molar-refractivity contribution in [1.82, 2.24) is 15.0 Å². The molecule has 9 aromatic rings. The lowest BCUT2D eigenvalue weighted by Gasteiger charge is -2.23. The van der Waals surface area contributed by atoms with Gasteiger partial charge >= 0.3 is 0 Å². The third kappa shape index (κ3) is 5.06. The summed E-state index contributed by atoms with van der Waals surface area (Å²) in [5.41, 5.74) is 10.4. The Labute approximate surface area is 297 Å². The number of hydrogen-bond donors (Lipinski definition) is 0. The van der Waals surface area contributed by atoms with E-state index in [0.717, 1.165) is 72.0 Å². The van der Waals surface area contributed by atoms with Crippen LogP contribution in [0.15, 0.2) is 168 Å². The van der Waals surface area contributed by atoms with Crippen LogP contribution in [0.25, 0.3) is 89.5 Å². The van der Waals surface area contributed by atoms with Crippen LogP contribution in [-0.4, -0.2) is 15.0 Å². The Kier molecular flexibility index (Phi) is 6.32. The molecule has 2 aromatic heterocycles. The van der Waals surface area contributed by atoms with E-state index in [0.29, 0.717) is 28.8 Å². The standard InChI is InChI=1S/C46H29N3O2/c1-2-11-30(12-3-1)44-47-45(31-25-23-29(24-26-31)35-18-9-15-34-28-50-40-21-6-5-17-39(40)42(34)35)49-46(48-44)33-14-8-13-32(27-33)36-19-10-20-38-37-16-4-7-22-41(37)51-43(36)38/h1-27H,28H2/i28D2. The van der Waals surface area contributed by atoms with Gasteiger partial charge in [-0.05, 0) is 46.0 Å². The number of hydrogen-bond acceptors (Lipinski definition) is 5. The first kappa shape index (κ1) is 27.0. The largest absolute Gasteiger partial charge is 0.488 e. The SMILES string of the molecule is [2H]C1([2H])Oc2ccccc2-c2c(-c3ccc(-c4nc(-c5ccccc5)nc(-c5cccc(-c6cccc7c6oc6ccccc67)c5)n4)cc3)cccc21. The minimum Gasteiger partial charge on any atom is -0.488 e. The van der Waals surface area contributed by atoms with Crippen molar-refractivity contribution in [2.24, 2.45) is 0 Å². The van der Waals surface area contributed by atoms with Crippen molar-refractivity contribution in [1.29, 1.82) is 0 Å². The highest BCUT2D eigenvalue weighted by Crippen LogP contribution is 2.43. The summed E-state index contributed by atoms with van der Waals surface area (Å²) in [5, 5.41) is 2.17. The fourth-order valence-corrected chi connectivity index (χ4v) is 6.99. The summed E-state index contributed by atoms with van der Waals surface area (Å²) in [6.45, 7) is -1.95. The number of rotatable bonds is 5. The second-order valence-corrected chi connectivity index (χ2v) is 12.5. The fraction of sp³-hybridized carbons (Fsp3) is 0.0217. The van der Waals surface area contributed by atoms with Gasteiger partial charge < -0.3 is 9.15 Å². The van der Waals surface area contributed by atoms with Crippen LogP contribution >= 0.6 is 0 Å². The Morgan fingerprint density at radius 3 is 1.90 bits per heavy atom. The van der Waals surface area contributed by atoms with Gasteiger partial charge in [-0.15, -0.1) is 0 Å². The zero-order valence-electron chi connectivity index (χ0n) is 29.2. The zero-order chi connectivity index (χ0) is 35.5. The number of furan rings is 1. The molecule has 0 amide bonds. The molecule has 0 saturated heterocycles. The summed E-state index contributed by atoms with van der Waals surface area (Å²) < 4.78 is 29.5. The molecule has 0 N–H and O–H groups in total. The highest BCUT2D eigenvalue weighted by atomic mass is 16.5. The van der Waals surface area contributed by atoms with Crippen molar-refractivity contribution in [3.63, 3.8) is 0 Å². The van der Waals surface area contributed by atoms with Crippen LogP contribution in [0.2, 0.25) is 0 Å². The third-order valence-electron chi connectivity index (χ3n) is 9.45. The predicted octanol–water partition coefficient (Wildman–Crippen LogP) is 11.7. The number of benzene rings is 7. The topological polar surface area (TPSA) is 61.0 Å². The van der Waals surface area contributed by atoms with Crippen LogP contribution in [0, 0.1) is 0 Å². The molecular weight excluding hydrogens is 627 g/mol. The summed E-state index contributed by atoms with van der Waals surface area (Å²) in [6, 6.07) is 54.0. The van der Waals surface area contributed by atoms with Crippen molar-refractivity contribution < 1.29 is 11.9 Å². The van der Waals surface area contributed by atoms with Gasteiger partial charge in [0.15, 0.2) is 17.5 Å². The summed E-state index contributed by atoms with van der Waals surface area (Å²) in [4.78, 5) is 15.0. The van der Waals surface area contributed by atoms with Gasteiger partial charge in [-0.2, -0.15) is 0 Å². The molecular formula is C46H29N3O2. The fourth-order valence-electron chi connectivity index (χ4n) is 6.99. The van der Waals surface area contributed by atoms with Crippen LogP contribution in [0.1, 0.15) is 8.30 Å². The normalized spacial score (nSPS) is 13.6. The molecule has 0 bridgehead atoms. The van der Waals surface area contributed by atoms with E-state index in [1.165, 1.54) is 0 Å². The van der Waals surface area contributed by atoms with Gasteiger partial charge in [-0.1, -0.05) is 146 Å². The highest BCUT2D eigenvalue weighted by Gasteiger charge is 2.21. The average molecular weight is 658 g/mol. The molecule has 1 aliphatic rings. The lowest BCUT2D eigenvalue weighted by Crippen LogP contribution is -2.06. The lowest BCUT2D eigenvalue weighted by molar-refractivity contribution is 0.302. The molecule has 0 spiro atoms. The van der Waals surface area contributed by atoms with Crippen LogP contribution in [0.5, 0.6) is 5.75 Å². The van der Waals surface area contributed by atoms with Gasteiger partial charge in [0.1, 0.15) is 23.5 Å². The molecule has 5 heteroatoms. The van der Waals surface area contributed by atoms with Crippen molar-refractivity contribution in [3.8, 4) is 73.3 Å². The molecule has 0 radical (unpaired) electrons. The van der Waals surface area contributed by atoms with Crippen molar-refractivity contribution in [3.05, 3.63) is 169 Å². The first-order valence-electron chi connectivity index (χ1n) is 17.9. The third-order valence-corrected chi connectivity index (χ3v) is 9.45. The summed E-state index contributed by atoms with van der Waals surface area (Å²) >= 11 is 0. The van der Waals surface area contributed by atoms with Crippen molar-refractivity contribution in [2.75, 3.05) is 0 Å². The number of ether oxygens (including phenoxy) is 1. The van der Waals surface area contributed by atoms with Gasteiger partial charge in [0, 0.05) is 38.6 Å². The molecule has 1 aliphatic heterocycles. The van der Waals surface area contributed by atoms with Gasteiger partial charge in [0.05, 0.1) is 2.74 Å². The Morgan fingerprint density at radius 1 is 0.451 bits per heavy atom. The highest BCUT2D eigenvalue weighted by molar-refractivity contribution is 6.09. The van der Waals surface area contributed by atoms with Crippen LogP contribution in [0.3, 0.4) is 0 Å². The Bertz CT molecular complexity index is 2850.